The topological polar surface area (TPSA) is 91.9 Å². The summed E-state index contributed by atoms with van der Waals surface area (Å²) in [6.45, 7) is 0.184. The fourth-order valence-electron chi connectivity index (χ4n) is 4.66. The van der Waals surface area contributed by atoms with Gasteiger partial charge in [0, 0.05) is 24.5 Å². The summed E-state index contributed by atoms with van der Waals surface area (Å²) in [5, 5.41) is 18.7. The predicted molar refractivity (Wildman–Crippen MR) is 116 cm³/mol. The Morgan fingerprint density at radius 1 is 1.17 bits per heavy atom. The highest BCUT2D eigenvalue weighted by Gasteiger charge is 2.42. The lowest BCUT2D eigenvalue weighted by Gasteiger charge is -2.25. The van der Waals surface area contributed by atoms with Gasteiger partial charge in [-0.2, -0.15) is 0 Å². The van der Waals surface area contributed by atoms with E-state index in [4.69, 9.17) is 5.11 Å². The molecule has 1 heterocycles. The molecule has 1 amide bonds. The molecule has 0 bridgehead atoms. The number of aliphatic hydroxyl groups is 1. The Morgan fingerprint density at radius 2 is 1.90 bits per heavy atom. The van der Waals surface area contributed by atoms with E-state index >= 15 is 0 Å². The number of amides is 1. The second-order valence-electron chi connectivity index (χ2n) is 8.03. The van der Waals surface area contributed by atoms with Gasteiger partial charge >= 0.3 is 0 Å². The number of aromatic nitrogens is 1. The molecule has 30 heavy (non-hydrogen) atoms. The number of hydrogen-bond acceptors (Lipinski definition) is 4. The molecule has 1 fully saturated rings. The highest BCUT2D eigenvalue weighted by molar-refractivity contribution is 6.14. The second-order valence-corrected chi connectivity index (χ2v) is 8.03. The molecule has 0 saturated heterocycles. The van der Waals surface area contributed by atoms with Gasteiger partial charge < -0.3 is 14.8 Å². The number of phenolic OH excluding ortho intramolecular Hbond substituents is 1. The van der Waals surface area contributed by atoms with Crippen LogP contribution in [0.1, 0.15) is 48.8 Å². The molecule has 2 aliphatic rings. The zero-order chi connectivity index (χ0) is 21.1. The van der Waals surface area contributed by atoms with E-state index in [2.05, 4.69) is 4.99 Å². The number of hydrogen-bond donors (Lipinski definition) is 2. The number of fused-ring (bicyclic) bond motifs is 1. The first-order valence-corrected chi connectivity index (χ1v) is 10.5. The lowest BCUT2D eigenvalue weighted by atomic mass is 9.78. The minimum atomic E-state index is -0.646. The van der Waals surface area contributed by atoms with Crippen molar-refractivity contribution in [2.24, 2.45) is 4.99 Å². The van der Waals surface area contributed by atoms with Crippen LogP contribution in [0.5, 0.6) is 5.75 Å². The van der Waals surface area contributed by atoms with Gasteiger partial charge in [0.05, 0.1) is 12.0 Å². The smallest absolute Gasteiger partial charge is 0.256 e. The molecule has 0 spiro atoms. The Morgan fingerprint density at radius 3 is 2.60 bits per heavy atom. The lowest BCUT2D eigenvalue weighted by Crippen LogP contribution is -2.31. The molecule has 156 valence electrons. The molecule has 1 aromatic carbocycles. The number of phenols is 1. The van der Waals surface area contributed by atoms with Crippen molar-refractivity contribution in [2.75, 3.05) is 6.61 Å². The Hall–Kier alpha value is -2.99. The van der Waals surface area contributed by atoms with Crippen molar-refractivity contribution < 1.29 is 15.0 Å². The number of carbonyl (C=O) groups excluding carboxylic acids is 1. The Bertz CT molecular complexity index is 1060. The molecular formula is C24H26N2O4. The molecule has 6 heteroatoms. The summed E-state index contributed by atoms with van der Waals surface area (Å²) in [6.07, 6.45) is 10.1. The average molecular weight is 406 g/mol. The predicted octanol–water partition coefficient (Wildman–Crippen LogP) is 2.99. The summed E-state index contributed by atoms with van der Waals surface area (Å²) in [6, 6.07) is 8.71. The van der Waals surface area contributed by atoms with E-state index in [-0.39, 0.29) is 30.4 Å². The van der Waals surface area contributed by atoms with Gasteiger partial charge in [0.15, 0.2) is 0 Å². The summed E-state index contributed by atoms with van der Waals surface area (Å²) in [5.74, 6) is 0.00556. The van der Waals surface area contributed by atoms with E-state index in [1.807, 2.05) is 24.3 Å². The standard InChI is InChI=1S/C24H26N2O4/c27-15-14-26-13-10-20-17(4-3-5-21(20)22(26)29)16-25-23(30)24(11-1-2-12-24)18-6-8-19(28)9-7-18/h4,6-10,13,16,27-28H,1-3,5,11-12,14-15H2. The number of aliphatic imine (C=N–C) groups is 1. The van der Waals surface area contributed by atoms with Crippen LogP contribution in [0.25, 0.3) is 5.57 Å². The van der Waals surface area contributed by atoms with Crippen LogP contribution >= 0.6 is 0 Å². The van der Waals surface area contributed by atoms with Crippen molar-refractivity contribution in [3.8, 4) is 5.75 Å². The van der Waals surface area contributed by atoms with Gasteiger partial charge in [0.25, 0.3) is 11.5 Å². The number of nitrogens with zero attached hydrogens (tertiary/aromatic N) is 2. The van der Waals surface area contributed by atoms with E-state index in [0.717, 1.165) is 42.4 Å². The zero-order valence-corrected chi connectivity index (χ0v) is 16.9. The maximum absolute atomic E-state index is 13.2. The Balaban J connectivity index is 1.63. The third-order valence-electron chi connectivity index (χ3n) is 6.28. The summed E-state index contributed by atoms with van der Waals surface area (Å²) >= 11 is 0. The van der Waals surface area contributed by atoms with E-state index in [1.54, 1.807) is 24.5 Å². The van der Waals surface area contributed by atoms with Crippen LogP contribution in [0.15, 0.2) is 52.4 Å². The minimum Gasteiger partial charge on any atom is -0.508 e. The summed E-state index contributed by atoms with van der Waals surface area (Å²) in [5.41, 5.74) is 2.45. The van der Waals surface area contributed by atoms with Gasteiger partial charge in [-0.25, -0.2) is 4.99 Å². The number of allylic oxidation sites excluding steroid dienone is 2. The van der Waals surface area contributed by atoms with Crippen LogP contribution in [0.3, 0.4) is 0 Å². The Kier molecular flexibility index (Phi) is 5.68. The van der Waals surface area contributed by atoms with Gasteiger partial charge in [0.2, 0.25) is 0 Å². The number of aromatic hydroxyl groups is 1. The number of aliphatic hydroxyl groups excluding tert-OH is 1. The lowest BCUT2D eigenvalue weighted by molar-refractivity contribution is -0.123. The van der Waals surface area contributed by atoms with Crippen molar-refractivity contribution in [2.45, 2.75) is 50.5 Å². The molecule has 2 N–H and O–H groups in total. The SMILES string of the molecule is O=C(N=CC1=CCCc2c1ccn(CCO)c2=O)C1(c2ccc(O)cc2)CCCC1. The highest BCUT2D eigenvalue weighted by atomic mass is 16.3. The van der Waals surface area contributed by atoms with Crippen molar-refractivity contribution in [1.82, 2.24) is 4.57 Å². The normalized spacial score (nSPS) is 17.7. The highest BCUT2D eigenvalue weighted by Crippen LogP contribution is 2.42. The first kappa shape index (κ1) is 20.3. The van der Waals surface area contributed by atoms with Gasteiger partial charge in [-0.15, -0.1) is 0 Å². The quantitative estimate of drug-likeness (QED) is 0.747. The number of carbonyl (C=O) groups is 1. The average Bonchev–Trinajstić information content (AvgIpc) is 3.26. The fraction of sp³-hybridized carbons (Fsp3) is 0.375. The maximum atomic E-state index is 13.2. The van der Waals surface area contributed by atoms with Gasteiger partial charge in [0.1, 0.15) is 5.75 Å². The van der Waals surface area contributed by atoms with Crippen LogP contribution in [-0.2, 0) is 23.2 Å². The van der Waals surface area contributed by atoms with Crippen LogP contribution in [0.4, 0.5) is 0 Å². The zero-order valence-electron chi connectivity index (χ0n) is 16.9. The Labute approximate surface area is 175 Å². The van der Waals surface area contributed by atoms with E-state index < -0.39 is 5.41 Å². The van der Waals surface area contributed by atoms with Crippen molar-refractivity contribution in [3.05, 3.63) is 69.6 Å². The first-order valence-electron chi connectivity index (χ1n) is 10.5. The molecule has 0 unspecified atom stereocenters. The first-order chi connectivity index (χ1) is 14.5. The minimum absolute atomic E-state index is 0.0866. The van der Waals surface area contributed by atoms with Crippen LogP contribution in [0, 0.1) is 0 Å². The molecule has 2 aromatic rings. The van der Waals surface area contributed by atoms with Gasteiger partial charge in [-0.3, -0.25) is 9.59 Å². The largest absolute Gasteiger partial charge is 0.508 e. The summed E-state index contributed by atoms with van der Waals surface area (Å²) < 4.78 is 1.52. The second kappa shape index (κ2) is 8.40. The van der Waals surface area contributed by atoms with E-state index in [9.17, 15) is 14.7 Å². The molecule has 0 atom stereocenters. The van der Waals surface area contributed by atoms with Crippen LogP contribution in [-0.4, -0.2) is 33.5 Å². The molecule has 1 aromatic heterocycles. The molecule has 1 saturated carbocycles. The molecule has 6 nitrogen and oxygen atoms in total. The fourth-order valence-corrected chi connectivity index (χ4v) is 4.66. The van der Waals surface area contributed by atoms with Crippen LogP contribution in [0.2, 0.25) is 0 Å². The van der Waals surface area contributed by atoms with Crippen molar-refractivity contribution >= 4 is 17.7 Å². The third kappa shape index (κ3) is 3.63. The molecule has 0 aliphatic heterocycles. The number of pyridine rings is 1. The van der Waals surface area contributed by atoms with E-state index in [0.29, 0.717) is 18.4 Å². The van der Waals surface area contributed by atoms with Crippen LogP contribution < -0.4 is 5.56 Å². The molecular weight excluding hydrogens is 380 g/mol. The molecule has 0 radical (unpaired) electrons. The summed E-state index contributed by atoms with van der Waals surface area (Å²) in [7, 11) is 0. The van der Waals surface area contributed by atoms with Crippen molar-refractivity contribution in [3.63, 3.8) is 0 Å². The maximum Gasteiger partial charge on any atom is 0.256 e. The number of benzene rings is 1. The van der Waals surface area contributed by atoms with Crippen molar-refractivity contribution in [1.29, 1.82) is 0 Å². The summed E-state index contributed by atoms with van der Waals surface area (Å²) in [4.78, 5) is 30.2. The van der Waals surface area contributed by atoms with Gasteiger partial charge in [-0.05, 0) is 60.6 Å². The third-order valence-corrected chi connectivity index (χ3v) is 6.28. The van der Waals surface area contributed by atoms with E-state index in [1.165, 1.54) is 4.57 Å². The molecule has 4 rings (SSSR count). The monoisotopic (exact) mass is 406 g/mol. The molecule has 2 aliphatic carbocycles. The number of rotatable bonds is 5. The van der Waals surface area contributed by atoms with Gasteiger partial charge in [-0.1, -0.05) is 31.1 Å².